The zero-order chi connectivity index (χ0) is 14.8. The van der Waals surface area contributed by atoms with Gasteiger partial charge in [0.25, 0.3) is 0 Å². The van der Waals surface area contributed by atoms with Crippen LogP contribution < -0.4 is 14.8 Å². The van der Waals surface area contributed by atoms with Crippen LogP contribution in [0.5, 0.6) is 11.5 Å². The monoisotopic (exact) mass is 278 g/mol. The lowest BCUT2D eigenvalue weighted by Gasteiger charge is -2.16. The molecule has 110 valence electrons. The average molecular weight is 278 g/mol. The van der Waals surface area contributed by atoms with Crippen molar-refractivity contribution in [3.05, 3.63) is 36.9 Å². The lowest BCUT2D eigenvalue weighted by molar-refractivity contribution is -0.121. The standard InChI is InChI=1S/C15H22N2O3/c1-4-9-16-15(18)12-17(2)10-11-20-14-7-5-13(19-3)6-8-14/h4-8H,1,9-12H2,2-3H3,(H,16,18). The van der Waals surface area contributed by atoms with Gasteiger partial charge in [-0.3, -0.25) is 9.69 Å². The number of hydrogen-bond donors (Lipinski definition) is 1. The van der Waals surface area contributed by atoms with E-state index in [0.29, 0.717) is 26.2 Å². The highest BCUT2D eigenvalue weighted by Gasteiger charge is 2.05. The van der Waals surface area contributed by atoms with Gasteiger partial charge in [0.05, 0.1) is 13.7 Å². The third-order valence-corrected chi connectivity index (χ3v) is 2.66. The van der Waals surface area contributed by atoms with Gasteiger partial charge in [-0.2, -0.15) is 0 Å². The molecule has 0 fully saturated rings. The van der Waals surface area contributed by atoms with Crippen molar-refractivity contribution in [1.82, 2.24) is 10.2 Å². The quantitative estimate of drug-likeness (QED) is 0.692. The van der Waals surface area contributed by atoms with E-state index in [1.807, 2.05) is 36.2 Å². The second kappa shape index (κ2) is 8.98. The van der Waals surface area contributed by atoms with E-state index in [4.69, 9.17) is 9.47 Å². The molecule has 0 aliphatic rings. The summed E-state index contributed by atoms with van der Waals surface area (Å²) in [6, 6.07) is 7.41. The van der Waals surface area contributed by atoms with Crippen molar-refractivity contribution in [3.8, 4) is 11.5 Å². The van der Waals surface area contributed by atoms with Crippen LogP contribution in [0, 0.1) is 0 Å². The largest absolute Gasteiger partial charge is 0.497 e. The molecule has 0 saturated carbocycles. The highest BCUT2D eigenvalue weighted by atomic mass is 16.5. The second-order valence-electron chi connectivity index (χ2n) is 4.35. The molecule has 20 heavy (non-hydrogen) atoms. The molecular formula is C15H22N2O3. The molecule has 5 heteroatoms. The zero-order valence-electron chi connectivity index (χ0n) is 12.1. The van der Waals surface area contributed by atoms with E-state index < -0.39 is 0 Å². The summed E-state index contributed by atoms with van der Waals surface area (Å²) < 4.78 is 10.7. The number of methoxy groups -OCH3 is 1. The number of amides is 1. The van der Waals surface area contributed by atoms with Gasteiger partial charge < -0.3 is 14.8 Å². The lowest BCUT2D eigenvalue weighted by Crippen LogP contribution is -2.36. The molecule has 0 aromatic heterocycles. The number of benzene rings is 1. The van der Waals surface area contributed by atoms with Gasteiger partial charge in [0.1, 0.15) is 18.1 Å². The minimum Gasteiger partial charge on any atom is -0.497 e. The van der Waals surface area contributed by atoms with Crippen LogP contribution in [-0.2, 0) is 4.79 Å². The molecule has 1 amide bonds. The Morgan fingerprint density at radius 3 is 2.60 bits per heavy atom. The number of hydrogen-bond acceptors (Lipinski definition) is 4. The van der Waals surface area contributed by atoms with Crippen LogP contribution in [-0.4, -0.2) is 51.2 Å². The number of likely N-dealkylation sites (N-methyl/N-ethyl adjacent to an activating group) is 1. The maximum absolute atomic E-state index is 11.5. The van der Waals surface area contributed by atoms with E-state index >= 15 is 0 Å². The predicted molar refractivity (Wildman–Crippen MR) is 79.2 cm³/mol. The van der Waals surface area contributed by atoms with Gasteiger partial charge >= 0.3 is 0 Å². The normalized spacial score (nSPS) is 10.2. The van der Waals surface area contributed by atoms with Crippen LogP contribution >= 0.6 is 0 Å². The van der Waals surface area contributed by atoms with E-state index in [9.17, 15) is 4.79 Å². The molecule has 0 atom stereocenters. The van der Waals surface area contributed by atoms with Gasteiger partial charge in [-0.05, 0) is 31.3 Å². The van der Waals surface area contributed by atoms with Crippen LogP contribution in [0.4, 0.5) is 0 Å². The molecule has 0 saturated heterocycles. The Morgan fingerprint density at radius 2 is 2.00 bits per heavy atom. The number of carbonyl (C=O) groups is 1. The molecule has 1 rings (SSSR count). The summed E-state index contributed by atoms with van der Waals surface area (Å²) in [5.41, 5.74) is 0. The molecule has 0 aliphatic heterocycles. The van der Waals surface area contributed by atoms with Crippen molar-refractivity contribution in [1.29, 1.82) is 0 Å². The maximum Gasteiger partial charge on any atom is 0.234 e. The van der Waals surface area contributed by atoms with Crippen molar-refractivity contribution in [2.24, 2.45) is 0 Å². The highest BCUT2D eigenvalue weighted by molar-refractivity contribution is 5.78. The fourth-order valence-corrected chi connectivity index (χ4v) is 1.56. The third kappa shape index (κ3) is 6.24. The van der Waals surface area contributed by atoms with E-state index in [2.05, 4.69) is 11.9 Å². The summed E-state index contributed by atoms with van der Waals surface area (Å²) in [6.07, 6.45) is 1.66. The van der Waals surface area contributed by atoms with Gasteiger partial charge in [0.2, 0.25) is 5.91 Å². The van der Waals surface area contributed by atoms with E-state index in [0.717, 1.165) is 11.5 Å². The predicted octanol–water partition coefficient (Wildman–Crippen LogP) is 1.31. The number of rotatable bonds is 9. The van der Waals surface area contributed by atoms with Gasteiger partial charge in [0.15, 0.2) is 0 Å². The van der Waals surface area contributed by atoms with Crippen molar-refractivity contribution >= 4 is 5.91 Å². The van der Waals surface area contributed by atoms with Crippen LogP contribution in [0.1, 0.15) is 0 Å². The molecule has 1 N–H and O–H groups in total. The average Bonchev–Trinajstić information content (AvgIpc) is 2.45. The van der Waals surface area contributed by atoms with Crippen molar-refractivity contribution in [3.63, 3.8) is 0 Å². The van der Waals surface area contributed by atoms with Crippen LogP contribution in [0.15, 0.2) is 36.9 Å². The van der Waals surface area contributed by atoms with Crippen molar-refractivity contribution < 1.29 is 14.3 Å². The molecule has 5 nitrogen and oxygen atoms in total. The van der Waals surface area contributed by atoms with Gasteiger partial charge in [-0.15, -0.1) is 6.58 Å². The minimum absolute atomic E-state index is 0.0168. The molecule has 0 unspecified atom stereocenters. The lowest BCUT2D eigenvalue weighted by atomic mass is 10.3. The van der Waals surface area contributed by atoms with Crippen LogP contribution in [0.2, 0.25) is 0 Å². The number of nitrogens with zero attached hydrogens (tertiary/aromatic N) is 1. The summed E-state index contributed by atoms with van der Waals surface area (Å²) in [5, 5.41) is 2.73. The Balaban J connectivity index is 2.22. The van der Waals surface area contributed by atoms with Gasteiger partial charge in [0, 0.05) is 13.1 Å². The summed E-state index contributed by atoms with van der Waals surface area (Å²) in [5.74, 6) is 1.57. The smallest absolute Gasteiger partial charge is 0.234 e. The summed E-state index contributed by atoms with van der Waals surface area (Å²) in [6.45, 7) is 5.59. The first-order chi connectivity index (χ1) is 9.65. The molecule has 1 aromatic carbocycles. The summed E-state index contributed by atoms with van der Waals surface area (Å²) in [4.78, 5) is 13.4. The van der Waals surface area contributed by atoms with E-state index in [1.54, 1.807) is 13.2 Å². The molecule has 0 spiro atoms. The zero-order valence-corrected chi connectivity index (χ0v) is 12.1. The van der Waals surface area contributed by atoms with Gasteiger partial charge in [-0.25, -0.2) is 0 Å². The summed E-state index contributed by atoms with van der Waals surface area (Å²) in [7, 11) is 3.51. The molecule has 0 bridgehead atoms. The Hall–Kier alpha value is -2.01. The first-order valence-corrected chi connectivity index (χ1v) is 6.48. The van der Waals surface area contributed by atoms with Crippen molar-refractivity contribution in [2.75, 3.05) is 40.4 Å². The number of ether oxygens (including phenoxy) is 2. The fourth-order valence-electron chi connectivity index (χ4n) is 1.56. The topological polar surface area (TPSA) is 50.8 Å². The highest BCUT2D eigenvalue weighted by Crippen LogP contribution is 2.16. The van der Waals surface area contributed by atoms with E-state index in [1.165, 1.54) is 0 Å². The van der Waals surface area contributed by atoms with Crippen LogP contribution in [0.3, 0.4) is 0 Å². The molecule has 0 radical (unpaired) electrons. The molecule has 0 heterocycles. The number of carbonyl (C=O) groups excluding carboxylic acids is 1. The third-order valence-electron chi connectivity index (χ3n) is 2.66. The molecule has 1 aromatic rings. The SMILES string of the molecule is C=CCNC(=O)CN(C)CCOc1ccc(OC)cc1. The Kier molecular flexibility index (Phi) is 7.21. The Labute approximate surface area is 120 Å². The van der Waals surface area contributed by atoms with E-state index in [-0.39, 0.29) is 5.91 Å². The summed E-state index contributed by atoms with van der Waals surface area (Å²) >= 11 is 0. The Bertz CT molecular complexity index is 418. The first kappa shape index (κ1) is 16.0. The first-order valence-electron chi connectivity index (χ1n) is 6.48. The maximum atomic E-state index is 11.5. The Morgan fingerprint density at radius 1 is 1.35 bits per heavy atom. The van der Waals surface area contributed by atoms with Crippen LogP contribution in [0.25, 0.3) is 0 Å². The molecular weight excluding hydrogens is 256 g/mol. The van der Waals surface area contributed by atoms with Crippen molar-refractivity contribution in [2.45, 2.75) is 0 Å². The molecule has 0 aliphatic carbocycles. The van der Waals surface area contributed by atoms with Gasteiger partial charge in [-0.1, -0.05) is 6.08 Å². The number of nitrogens with one attached hydrogen (secondary N) is 1. The second-order valence-corrected chi connectivity index (χ2v) is 4.35. The fraction of sp³-hybridized carbons (Fsp3) is 0.400. The minimum atomic E-state index is -0.0168.